The number of esters is 1. The molecule has 0 bridgehead atoms. The van der Waals surface area contributed by atoms with E-state index in [-0.39, 0.29) is 5.97 Å². The van der Waals surface area contributed by atoms with Crippen LogP contribution >= 0.6 is 0 Å². The van der Waals surface area contributed by atoms with E-state index >= 15 is 0 Å². The number of ether oxygens (including phenoxy) is 1. The molecule has 5 rings (SSSR count). The third kappa shape index (κ3) is 1.88. The molecule has 0 spiro atoms. The molecule has 0 saturated carbocycles. The Kier molecular flexibility index (Phi) is 2.95. The van der Waals surface area contributed by atoms with Gasteiger partial charge in [-0.25, -0.2) is 4.79 Å². The fourth-order valence-corrected chi connectivity index (χ4v) is 4.04. The van der Waals surface area contributed by atoms with Crippen molar-refractivity contribution in [3.05, 3.63) is 72.3 Å². The molecule has 1 aliphatic carbocycles. The molecule has 2 nitrogen and oxygen atoms in total. The predicted molar refractivity (Wildman–Crippen MR) is 102 cm³/mol. The number of carbonyl (C=O) groups excluding carboxylic acids is 1. The molecule has 0 aliphatic heterocycles. The van der Waals surface area contributed by atoms with E-state index in [2.05, 4.69) is 54.6 Å². The number of hydrogen-bond donors (Lipinski definition) is 0. The summed E-state index contributed by atoms with van der Waals surface area (Å²) < 4.78 is 5.30. The molecule has 0 radical (unpaired) electrons. The SMILES string of the molecule is CCOC(=O)c1cccc2c1-c1cccc3cc4ccccc4c-2c13. The highest BCUT2D eigenvalue weighted by molar-refractivity contribution is 6.25. The summed E-state index contributed by atoms with van der Waals surface area (Å²) in [5, 5.41) is 4.88. The minimum Gasteiger partial charge on any atom is -0.462 e. The zero-order valence-electron chi connectivity index (χ0n) is 13.9. The van der Waals surface area contributed by atoms with Crippen molar-refractivity contribution >= 4 is 27.5 Å². The smallest absolute Gasteiger partial charge is 0.338 e. The molecule has 0 heterocycles. The zero-order valence-corrected chi connectivity index (χ0v) is 13.9. The summed E-state index contributed by atoms with van der Waals surface area (Å²) in [6.45, 7) is 2.21. The number of benzene rings is 4. The summed E-state index contributed by atoms with van der Waals surface area (Å²) in [6, 6.07) is 22.9. The van der Waals surface area contributed by atoms with Gasteiger partial charge in [-0.05, 0) is 57.3 Å². The van der Waals surface area contributed by atoms with Crippen molar-refractivity contribution in [2.45, 2.75) is 6.92 Å². The summed E-state index contributed by atoms with van der Waals surface area (Å²) in [5.41, 5.74) is 5.11. The number of rotatable bonds is 2. The Morgan fingerprint density at radius 2 is 1.60 bits per heavy atom. The van der Waals surface area contributed by atoms with Crippen LogP contribution in [-0.4, -0.2) is 12.6 Å². The molecule has 0 atom stereocenters. The highest BCUT2D eigenvalue weighted by atomic mass is 16.5. The summed E-state index contributed by atoms with van der Waals surface area (Å²) in [4.78, 5) is 12.5. The molecule has 0 fully saturated rings. The van der Waals surface area contributed by atoms with E-state index < -0.39 is 0 Å². The molecule has 4 aromatic carbocycles. The Bertz CT molecular complexity index is 1170. The van der Waals surface area contributed by atoms with E-state index in [1.165, 1.54) is 27.1 Å². The normalized spacial score (nSPS) is 11.7. The first-order valence-electron chi connectivity index (χ1n) is 8.55. The highest BCUT2D eigenvalue weighted by Crippen LogP contribution is 2.51. The fourth-order valence-electron chi connectivity index (χ4n) is 4.04. The van der Waals surface area contributed by atoms with E-state index in [0.29, 0.717) is 12.2 Å². The van der Waals surface area contributed by atoms with Gasteiger partial charge in [-0.1, -0.05) is 54.6 Å². The van der Waals surface area contributed by atoms with Crippen LogP contribution in [0.3, 0.4) is 0 Å². The minimum atomic E-state index is -0.256. The van der Waals surface area contributed by atoms with Crippen LogP contribution in [-0.2, 0) is 4.74 Å². The molecule has 4 aromatic rings. The van der Waals surface area contributed by atoms with Gasteiger partial charge in [0.15, 0.2) is 0 Å². The van der Waals surface area contributed by atoms with Gasteiger partial charge in [0.05, 0.1) is 12.2 Å². The number of fused-ring (bicyclic) bond motifs is 5. The van der Waals surface area contributed by atoms with Crippen LogP contribution in [0.15, 0.2) is 66.7 Å². The van der Waals surface area contributed by atoms with Crippen LogP contribution in [0.5, 0.6) is 0 Å². The topological polar surface area (TPSA) is 26.3 Å². The van der Waals surface area contributed by atoms with Crippen LogP contribution in [0, 0.1) is 0 Å². The molecule has 1 aliphatic rings. The molecular formula is C23H16O2. The van der Waals surface area contributed by atoms with Gasteiger partial charge in [-0.2, -0.15) is 0 Å². The van der Waals surface area contributed by atoms with E-state index in [1.807, 2.05) is 19.1 Å². The Morgan fingerprint density at radius 1 is 0.840 bits per heavy atom. The summed E-state index contributed by atoms with van der Waals surface area (Å²) in [5.74, 6) is -0.256. The van der Waals surface area contributed by atoms with Crippen LogP contribution in [0.4, 0.5) is 0 Å². The standard InChI is InChI=1S/C23H16O2/c1-2-25-23(24)19-12-6-11-18-21(19)17-10-5-8-15-13-14-7-3-4-9-16(14)22(18)20(15)17/h3-13H,2H2,1H3. The minimum absolute atomic E-state index is 0.256. The van der Waals surface area contributed by atoms with Gasteiger partial charge in [0.2, 0.25) is 0 Å². The average molecular weight is 324 g/mol. The van der Waals surface area contributed by atoms with E-state index in [1.54, 1.807) is 0 Å². The van der Waals surface area contributed by atoms with Crippen molar-refractivity contribution in [1.82, 2.24) is 0 Å². The third-order valence-electron chi connectivity index (χ3n) is 4.99. The molecule has 0 saturated heterocycles. The molecule has 0 amide bonds. The van der Waals surface area contributed by atoms with Crippen molar-refractivity contribution < 1.29 is 9.53 Å². The Balaban J connectivity index is 1.95. The first kappa shape index (κ1) is 14.2. The van der Waals surface area contributed by atoms with Crippen LogP contribution in [0.2, 0.25) is 0 Å². The van der Waals surface area contributed by atoms with Gasteiger partial charge in [0, 0.05) is 5.56 Å². The Hall–Kier alpha value is -3.13. The molecule has 0 unspecified atom stereocenters. The maximum absolute atomic E-state index is 12.5. The Morgan fingerprint density at radius 3 is 2.48 bits per heavy atom. The highest BCUT2D eigenvalue weighted by Gasteiger charge is 2.27. The zero-order chi connectivity index (χ0) is 17.0. The number of carbonyl (C=O) groups is 1. The van der Waals surface area contributed by atoms with E-state index in [9.17, 15) is 4.79 Å². The van der Waals surface area contributed by atoms with Crippen molar-refractivity contribution in [2.24, 2.45) is 0 Å². The predicted octanol–water partition coefficient (Wildman–Crippen LogP) is 5.82. The van der Waals surface area contributed by atoms with E-state index in [4.69, 9.17) is 4.74 Å². The van der Waals surface area contributed by atoms with Crippen LogP contribution < -0.4 is 0 Å². The molecule has 25 heavy (non-hydrogen) atoms. The molecule has 0 aromatic heterocycles. The molecule has 120 valence electrons. The quantitative estimate of drug-likeness (QED) is 0.302. The van der Waals surface area contributed by atoms with E-state index in [0.717, 1.165) is 16.7 Å². The van der Waals surface area contributed by atoms with Crippen molar-refractivity contribution in [2.75, 3.05) is 6.61 Å². The first-order chi connectivity index (χ1) is 12.3. The van der Waals surface area contributed by atoms with Crippen LogP contribution in [0.25, 0.3) is 43.8 Å². The fraction of sp³-hybridized carbons (Fsp3) is 0.0870. The maximum atomic E-state index is 12.5. The lowest BCUT2D eigenvalue weighted by Crippen LogP contribution is -2.06. The molecule has 2 heteroatoms. The van der Waals surface area contributed by atoms with Gasteiger partial charge in [-0.15, -0.1) is 0 Å². The monoisotopic (exact) mass is 324 g/mol. The van der Waals surface area contributed by atoms with Gasteiger partial charge >= 0.3 is 5.97 Å². The second-order valence-corrected chi connectivity index (χ2v) is 6.32. The first-order valence-corrected chi connectivity index (χ1v) is 8.55. The summed E-state index contributed by atoms with van der Waals surface area (Å²) in [7, 11) is 0. The van der Waals surface area contributed by atoms with Gasteiger partial charge < -0.3 is 4.74 Å². The maximum Gasteiger partial charge on any atom is 0.338 e. The summed E-state index contributed by atoms with van der Waals surface area (Å²) >= 11 is 0. The van der Waals surface area contributed by atoms with Crippen molar-refractivity contribution in [3.63, 3.8) is 0 Å². The molecule has 0 N–H and O–H groups in total. The lowest BCUT2D eigenvalue weighted by Gasteiger charge is -2.09. The number of hydrogen-bond acceptors (Lipinski definition) is 2. The average Bonchev–Trinajstić information content (AvgIpc) is 2.99. The third-order valence-corrected chi connectivity index (χ3v) is 4.99. The largest absolute Gasteiger partial charge is 0.462 e. The van der Waals surface area contributed by atoms with Gasteiger partial charge in [0.1, 0.15) is 0 Å². The van der Waals surface area contributed by atoms with Gasteiger partial charge in [0.25, 0.3) is 0 Å². The Labute approximate surface area is 145 Å². The van der Waals surface area contributed by atoms with Crippen LogP contribution in [0.1, 0.15) is 17.3 Å². The second kappa shape index (κ2) is 5.18. The lowest BCUT2D eigenvalue weighted by molar-refractivity contribution is 0.0527. The summed E-state index contributed by atoms with van der Waals surface area (Å²) in [6.07, 6.45) is 0. The lowest BCUT2D eigenvalue weighted by atomic mass is 9.95. The van der Waals surface area contributed by atoms with Gasteiger partial charge in [-0.3, -0.25) is 0 Å². The molecular weight excluding hydrogens is 308 g/mol. The second-order valence-electron chi connectivity index (χ2n) is 6.32. The van der Waals surface area contributed by atoms with Crippen molar-refractivity contribution in [3.8, 4) is 22.3 Å². The van der Waals surface area contributed by atoms with Crippen molar-refractivity contribution in [1.29, 1.82) is 0 Å².